The summed E-state index contributed by atoms with van der Waals surface area (Å²) in [5.74, 6) is 1.23. The van der Waals surface area contributed by atoms with Gasteiger partial charge in [0.1, 0.15) is 11.0 Å². The third-order valence-corrected chi connectivity index (χ3v) is 3.90. The molecule has 1 N–H and O–H groups in total. The van der Waals surface area contributed by atoms with Crippen molar-refractivity contribution in [2.75, 3.05) is 5.32 Å². The van der Waals surface area contributed by atoms with Crippen LogP contribution in [0.2, 0.25) is 5.15 Å². The Hall–Kier alpha value is -1.73. The van der Waals surface area contributed by atoms with Crippen LogP contribution < -0.4 is 5.32 Å². The molecular weight excluding hydrogens is 399 g/mol. The molecular formula is C15H10ClIN4. The van der Waals surface area contributed by atoms with Crippen LogP contribution in [0, 0.1) is 3.57 Å². The van der Waals surface area contributed by atoms with Crippen LogP contribution in [0.4, 0.5) is 11.5 Å². The summed E-state index contributed by atoms with van der Waals surface area (Å²) in [7, 11) is 0. The number of hydrogen-bond acceptors (Lipinski definition) is 4. The molecule has 0 amide bonds. The van der Waals surface area contributed by atoms with Gasteiger partial charge in [0, 0.05) is 27.6 Å². The molecule has 3 rings (SSSR count). The molecule has 21 heavy (non-hydrogen) atoms. The van der Waals surface area contributed by atoms with Gasteiger partial charge in [-0.05, 0) is 46.9 Å². The lowest BCUT2D eigenvalue weighted by Crippen LogP contribution is -1.99. The Morgan fingerprint density at radius 2 is 1.76 bits per heavy atom. The van der Waals surface area contributed by atoms with Crippen molar-refractivity contribution in [2.24, 2.45) is 0 Å². The first kappa shape index (κ1) is 14.2. The smallest absolute Gasteiger partial charge is 0.163 e. The van der Waals surface area contributed by atoms with E-state index in [0.29, 0.717) is 16.8 Å². The van der Waals surface area contributed by atoms with E-state index in [0.717, 1.165) is 14.8 Å². The fraction of sp³-hybridized carbons (Fsp3) is 0. The predicted octanol–water partition coefficient (Wildman–Crippen LogP) is 4.54. The Morgan fingerprint density at radius 3 is 2.52 bits per heavy atom. The fourth-order valence-corrected chi connectivity index (χ4v) is 2.52. The average molecular weight is 409 g/mol. The molecule has 0 atom stereocenters. The fourth-order valence-electron chi connectivity index (χ4n) is 1.81. The Morgan fingerprint density at radius 1 is 1.00 bits per heavy atom. The van der Waals surface area contributed by atoms with Gasteiger partial charge in [-0.2, -0.15) is 0 Å². The highest BCUT2D eigenvalue weighted by Gasteiger charge is 2.07. The second-order valence-electron chi connectivity index (χ2n) is 4.24. The van der Waals surface area contributed by atoms with Gasteiger partial charge in [0.25, 0.3) is 0 Å². The Kier molecular flexibility index (Phi) is 4.31. The summed E-state index contributed by atoms with van der Waals surface area (Å²) in [6.07, 6.45) is 3.40. The summed E-state index contributed by atoms with van der Waals surface area (Å²) in [5.41, 5.74) is 1.85. The SMILES string of the molecule is Clc1cc(Nc2ccccc2I)nc(-c2ccncc2)n1. The molecule has 0 radical (unpaired) electrons. The minimum Gasteiger partial charge on any atom is -0.339 e. The number of rotatable bonds is 3. The average Bonchev–Trinajstić information content (AvgIpc) is 2.50. The van der Waals surface area contributed by atoms with Gasteiger partial charge in [0.05, 0.1) is 5.69 Å². The van der Waals surface area contributed by atoms with Crippen LogP contribution in [0.25, 0.3) is 11.4 Å². The molecule has 0 aliphatic heterocycles. The lowest BCUT2D eigenvalue weighted by Gasteiger charge is -2.09. The summed E-state index contributed by atoms with van der Waals surface area (Å²) in [4.78, 5) is 12.7. The summed E-state index contributed by atoms with van der Waals surface area (Å²) in [6, 6.07) is 13.4. The molecule has 0 saturated carbocycles. The van der Waals surface area contributed by atoms with Crippen LogP contribution in [-0.4, -0.2) is 15.0 Å². The van der Waals surface area contributed by atoms with Crippen LogP contribution in [0.1, 0.15) is 0 Å². The monoisotopic (exact) mass is 408 g/mol. The van der Waals surface area contributed by atoms with Gasteiger partial charge in [-0.1, -0.05) is 23.7 Å². The largest absolute Gasteiger partial charge is 0.339 e. The van der Waals surface area contributed by atoms with E-state index in [2.05, 4.69) is 42.9 Å². The second kappa shape index (κ2) is 6.36. The van der Waals surface area contributed by atoms with E-state index < -0.39 is 0 Å². The minimum atomic E-state index is 0.394. The topological polar surface area (TPSA) is 50.7 Å². The highest BCUT2D eigenvalue weighted by molar-refractivity contribution is 14.1. The molecule has 0 aliphatic rings. The van der Waals surface area contributed by atoms with Crippen molar-refractivity contribution in [3.05, 3.63) is 63.6 Å². The van der Waals surface area contributed by atoms with Crippen LogP contribution >= 0.6 is 34.2 Å². The van der Waals surface area contributed by atoms with E-state index >= 15 is 0 Å². The number of nitrogens with one attached hydrogen (secondary N) is 1. The first-order valence-corrected chi connectivity index (χ1v) is 7.64. The maximum Gasteiger partial charge on any atom is 0.163 e. The molecule has 0 saturated heterocycles. The first-order chi connectivity index (χ1) is 10.2. The molecule has 2 heterocycles. The number of benzene rings is 1. The number of hydrogen-bond donors (Lipinski definition) is 1. The van der Waals surface area contributed by atoms with Gasteiger partial charge in [-0.15, -0.1) is 0 Å². The maximum atomic E-state index is 6.10. The van der Waals surface area contributed by atoms with E-state index in [1.165, 1.54) is 0 Å². The number of pyridine rings is 1. The van der Waals surface area contributed by atoms with Crippen molar-refractivity contribution in [2.45, 2.75) is 0 Å². The zero-order chi connectivity index (χ0) is 14.7. The summed E-state index contributed by atoms with van der Waals surface area (Å²) >= 11 is 8.37. The standard InChI is InChI=1S/C15H10ClIN4/c16-13-9-14(19-12-4-2-1-3-11(12)17)21-15(20-13)10-5-7-18-8-6-10/h1-9H,(H,19,20,21). The van der Waals surface area contributed by atoms with E-state index in [4.69, 9.17) is 11.6 Å². The van der Waals surface area contributed by atoms with Gasteiger partial charge >= 0.3 is 0 Å². The van der Waals surface area contributed by atoms with Crippen molar-refractivity contribution in [3.8, 4) is 11.4 Å². The molecule has 0 fully saturated rings. The Bertz CT molecular complexity index is 765. The minimum absolute atomic E-state index is 0.394. The highest BCUT2D eigenvalue weighted by atomic mass is 127. The number of nitrogens with zero attached hydrogens (tertiary/aromatic N) is 3. The zero-order valence-electron chi connectivity index (χ0n) is 10.8. The van der Waals surface area contributed by atoms with Crippen LogP contribution in [0.5, 0.6) is 0 Å². The molecule has 0 aliphatic carbocycles. The molecule has 4 nitrogen and oxygen atoms in total. The number of aromatic nitrogens is 3. The van der Waals surface area contributed by atoms with Crippen molar-refractivity contribution in [1.29, 1.82) is 0 Å². The van der Waals surface area contributed by atoms with Crippen LogP contribution in [-0.2, 0) is 0 Å². The number of para-hydroxylation sites is 1. The van der Waals surface area contributed by atoms with Gasteiger partial charge in [0.2, 0.25) is 0 Å². The van der Waals surface area contributed by atoms with Gasteiger partial charge < -0.3 is 5.32 Å². The lowest BCUT2D eigenvalue weighted by molar-refractivity contribution is 1.17. The summed E-state index contributed by atoms with van der Waals surface area (Å²) < 4.78 is 1.11. The predicted molar refractivity (Wildman–Crippen MR) is 92.7 cm³/mol. The maximum absolute atomic E-state index is 6.10. The van der Waals surface area contributed by atoms with E-state index in [1.807, 2.05) is 36.4 Å². The summed E-state index contributed by atoms with van der Waals surface area (Å²) in [6.45, 7) is 0. The molecule has 3 aromatic rings. The van der Waals surface area contributed by atoms with E-state index in [-0.39, 0.29) is 0 Å². The molecule has 104 valence electrons. The van der Waals surface area contributed by atoms with E-state index in [9.17, 15) is 0 Å². The summed E-state index contributed by atoms with van der Waals surface area (Å²) in [5, 5.41) is 3.66. The lowest BCUT2D eigenvalue weighted by atomic mass is 10.2. The third-order valence-electron chi connectivity index (χ3n) is 2.77. The molecule has 0 spiro atoms. The first-order valence-electron chi connectivity index (χ1n) is 6.19. The number of anilines is 2. The number of halogens is 2. The Balaban J connectivity index is 1.97. The Labute approximate surface area is 140 Å². The molecule has 6 heteroatoms. The second-order valence-corrected chi connectivity index (χ2v) is 5.79. The van der Waals surface area contributed by atoms with Crippen LogP contribution in [0.15, 0.2) is 54.9 Å². The quantitative estimate of drug-likeness (QED) is 0.511. The normalized spacial score (nSPS) is 10.4. The molecule has 0 bridgehead atoms. The van der Waals surface area contributed by atoms with Crippen molar-refractivity contribution < 1.29 is 0 Å². The van der Waals surface area contributed by atoms with Gasteiger partial charge in [-0.25, -0.2) is 9.97 Å². The molecule has 1 aromatic carbocycles. The van der Waals surface area contributed by atoms with Crippen molar-refractivity contribution >= 4 is 45.7 Å². The van der Waals surface area contributed by atoms with Gasteiger partial charge in [0.15, 0.2) is 5.82 Å². The van der Waals surface area contributed by atoms with Crippen LogP contribution in [0.3, 0.4) is 0 Å². The third kappa shape index (κ3) is 3.48. The van der Waals surface area contributed by atoms with Crippen molar-refractivity contribution in [1.82, 2.24) is 15.0 Å². The van der Waals surface area contributed by atoms with Gasteiger partial charge in [-0.3, -0.25) is 4.98 Å². The highest BCUT2D eigenvalue weighted by Crippen LogP contribution is 2.24. The molecule has 2 aromatic heterocycles. The zero-order valence-corrected chi connectivity index (χ0v) is 13.7. The van der Waals surface area contributed by atoms with Crippen molar-refractivity contribution in [3.63, 3.8) is 0 Å². The molecule has 0 unspecified atom stereocenters. The van der Waals surface area contributed by atoms with E-state index in [1.54, 1.807) is 18.5 Å².